The number of aliphatic hydroxyl groups excluding tert-OH is 1. The standard InChI is InChI=1S/C15H23N3O2/c1-2-7-17-15(20)13-6-3-8-16-14(13)18-9-4-5-12(10-18)11-19/h3,6,8,12,19H,2,4-5,7,9-11H2,1H3,(H,17,20). The fourth-order valence-electron chi connectivity index (χ4n) is 2.57. The number of hydrogen-bond donors (Lipinski definition) is 2. The highest BCUT2D eigenvalue weighted by Gasteiger charge is 2.23. The number of carbonyl (C=O) groups is 1. The van der Waals surface area contributed by atoms with Gasteiger partial charge in [-0.1, -0.05) is 6.92 Å². The van der Waals surface area contributed by atoms with E-state index in [4.69, 9.17) is 0 Å². The summed E-state index contributed by atoms with van der Waals surface area (Å²) in [6, 6.07) is 3.60. The Bertz CT molecular complexity index is 450. The van der Waals surface area contributed by atoms with Gasteiger partial charge in [-0.05, 0) is 37.3 Å². The number of aliphatic hydroxyl groups is 1. The van der Waals surface area contributed by atoms with Gasteiger partial charge in [0.05, 0.1) is 5.56 Å². The summed E-state index contributed by atoms with van der Waals surface area (Å²) in [5.74, 6) is 0.942. The van der Waals surface area contributed by atoms with Crippen LogP contribution in [0.25, 0.3) is 0 Å². The molecule has 0 radical (unpaired) electrons. The van der Waals surface area contributed by atoms with E-state index in [1.54, 1.807) is 12.3 Å². The Morgan fingerprint density at radius 2 is 2.45 bits per heavy atom. The number of nitrogens with one attached hydrogen (secondary N) is 1. The molecule has 1 aliphatic rings. The van der Waals surface area contributed by atoms with Crippen LogP contribution in [-0.2, 0) is 0 Å². The number of anilines is 1. The number of pyridine rings is 1. The van der Waals surface area contributed by atoms with Gasteiger partial charge in [0.2, 0.25) is 0 Å². The van der Waals surface area contributed by atoms with Crippen molar-refractivity contribution in [3.8, 4) is 0 Å². The lowest BCUT2D eigenvalue weighted by Crippen LogP contribution is -2.39. The molecule has 2 N–H and O–H groups in total. The lowest BCUT2D eigenvalue weighted by atomic mass is 9.98. The van der Waals surface area contributed by atoms with E-state index in [2.05, 4.69) is 15.2 Å². The van der Waals surface area contributed by atoms with Crippen molar-refractivity contribution >= 4 is 11.7 Å². The molecular formula is C15H23N3O2. The quantitative estimate of drug-likeness (QED) is 0.854. The molecule has 0 aromatic carbocycles. The number of amides is 1. The van der Waals surface area contributed by atoms with Gasteiger partial charge in [0.1, 0.15) is 5.82 Å². The van der Waals surface area contributed by atoms with Gasteiger partial charge in [0.15, 0.2) is 0 Å². The molecule has 5 heteroatoms. The fraction of sp³-hybridized carbons (Fsp3) is 0.600. The van der Waals surface area contributed by atoms with Gasteiger partial charge in [-0.3, -0.25) is 4.79 Å². The highest BCUT2D eigenvalue weighted by molar-refractivity contribution is 5.98. The van der Waals surface area contributed by atoms with Gasteiger partial charge in [0, 0.05) is 32.4 Å². The van der Waals surface area contributed by atoms with Crippen molar-refractivity contribution in [3.63, 3.8) is 0 Å². The van der Waals surface area contributed by atoms with E-state index in [0.717, 1.165) is 38.2 Å². The van der Waals surface area contributed by atoms with E-state index >= 15 is 0 Å². The number of hydrogen-bond acceptors (Lipinski definition) is 4. The maximum Gasteiger partial charge on any atom is 0.255 e. The molecule has 1 aromatic heterocycles. The molecule has 1 aromatic rings. The third-order valence-corrected chi connectivity index (χ3v) is 3.64. The van der Waals surface area contributed by atoms with E-state index in [1.165, 1.54) is 0 Å². The first-order chi connectivity index (χ1) is 9.76. The fourth-order valence-corrected chi connectivity index (χ4v) is 2.57. The Labute approximate surface area is 120 Å². The van der Waals surface area contributed by atoms with Crippen LogP contribution >= 0.6 is 0 Å². The Kier molecular flexibility index (Phi) is 5.35. The Hall–Kier alpha value is -1.62. The molecule has 1 atom stereocenters. The summed E-state index contributed by atoms with van der Waals surface area (Å²) < 4.78 is 0. The molecule has 0 saturated carbocycles. The smallest absolute Gasteiger partial charge is 0.255 e. The van der Waals surface area contributed by atoms with Crippen molar-refractivity contribution < 1.29 is 9.90 Å². The van der Waals surface area contributed by atoms with Crippen molar-refractivity contribution in [3.05, 3.63) is 23.9 Å². The van der Waals surface area contributed by atoms with Gasteiger partial charge in [-0.25, -0.2) is 4.98 Å². The predicted octanol–water partition coefficient (Wildman–Crippen LogP) is 1.43. The van der Waals surface area contributed by atoms with Gasteiger partial charge >= 0.3 is 0 Å². The molecule has 1 fully saturated rings. The average Bonchev–Trinajstić information content (AvgIpc) is 2.52. The summed E-state index contributed by atoms with van der Waals surface area (Å²) in [5.41, 5.74) is 0.625. The summed E-state index contributed by atoms with van der Waals surface area (Å²) in [5, 5.41) is 12.2. The summed E-state index contributed by atoms with van der Waals surface area (Å²) in [6.45, 7) is 4.55. The summed E-state index contributed by atoms with van der Waals surface area (Å²) >= 11 is 0. The Morgan fingerprint density at radius 1 is 1.60 bits per heavy atom. The lowest BCUT2D eigenvalue weighted by Gasteiger charge is -2.33. The van der Waals surface area contributed by atoms with Crippen molar-refractivity contribution in [1.82, 2.24) is 10.3 Å². The molecule has 1 unspecified atom stereocenters. The zero-order chi connectivity index (χ0) is 14.4. The summed E-state index contributed by atoms with van der Waals surface area (Å²) in [6.07, 6.45) is 4.70. The number of rotatable bonds is 5. The minimum Gasteiger partial charge on any atom is -0.396 e. The van der Waals surface area contributed by atoms with E-state index in [1.807, 2.05) is 13.0 Å². The van der Waals surface area contributed by atoms with Crippen LogP contribution in [0.5, 0.6) is 0 Å². The molecule has 1 saturated heterocycles. The van der Waals surface area contributed by atoms with Crippen LogP contribution < -0.4 is 10.2 Å². The summed E-state index contributed by atoms with van der Waals surface area (Å²) in [4.78, 5) is 18.7. The Balaban J connectivity index is 2.16. The van der Waals surface area contributed by atoms with Crippen LogP contribution in [0.2, 0.25) is 0 Å². The monoisotopic (exact) mass is 277 g/mol. The molecule has 2 rings (SSSR count). The Morgan fingerprint density at radius 3 is 3.20 bits per heavy atom. The molecule has 110 valence electrons. The third kappa shape index (κ3) is 3.48. The predicted molar refractivity (Wildman–Crippen MR) is 78.9 cm³/mol. The third-order valence-electron chi connectivity index (χ3n) is 3.64. The van der Waals surface area contributed by atoms with Crippen LogP contribution in [0, 0.1) is 5.92 Å². The molecule has 0 aliphatic carbocycles. The number of aromatic nitrogens is 1. The normalized spacial score (nSPS) is 18.9. The second-order valence-corrected chi connectivity index (χ2v) is 5.27. The number of carbonyl (C=O) groups excluding carboxylic acids is 1. The minimum absolute atomic E-state index is 0.0685. The topological polar surface area (TPSA) is 65.5 Å². The first-order valence-electron chi connectivity index (χ1n) is 7.35. The van der Waals surface area contributed by atoms with Crippen LogP contribution in [0.1, 0.15) is 36.5 Å². The lowest BCUT2D eigenvalue weighted by molar-refractivity contribution is 0.0953. The maximum atomic E-state index is 12.2. The highest BCUT2D eigenvalue weighted by atomic mass is 16.3. The van der Waals surface area contributed by atoms with Crippen LogP contribution in [-0.4, -0.2) is 42.2 Å². The minimum atomic E-state index is -0.0685. The van der Waals surface area contributed by atoms with Crippen LogP contribution in [0.3, 0.4) is 0 Å². The van der Waals surface area contributed by atoms with Gasteiger partial charge in [-0.15, -0.1) is 0 Å². The van der Waals surface area contributed by atoms with Gasteiger partial charge < -0.3 is 15.3 Å². The molecule has 5 nitrogen and oxygen atoms in total. The first kappa shape index (κ1) is 14.8. The molecule has 0 spiro atoms. The largest absolute Gasteiger partial charge is 0.396 e. The summed E-state index contributed by atoms with van der Waals surface area (Å²) in [7, 11) is 0. The van der Waals surface area contributed by atoms with Crippen LogP contribution in [0.15, 0.2) is 18.3 Å². The number of piperidine rings is 1. The van der Waals surface area contributed by atoms with Crippen molar-refractivity contribution in [2.45, 2.75) is 26.2 Å². The van der Waals surface area contributed by atoms with Crippen molar-refractivity contribution in [1.29, 1.82) is 0 Å². The molecular weight excluding hydrogens is 254 g/mol. The molecule has 0 bridgehead atoms. The highest BCUT2D eigenvalue weighted by Crippen LogP contribution is 2.24. The van der Waals surface area contributed by atoms with E-state index < -0.39 is 0 Å². The maximum absolute atomic E-state index is 12.2. The first-order valence-corrected chi connectivity index (χ1v) is 7.35. The van der Waals surface area contributed by atoms with Crippen molar-refractivity contribution in [2.24, 2.45) is 5.92 Å². The second kappa shape index (κ2) is 7.24. The zero-order valence-corrected chi connectivity index (χ0v) is 12.0. The molecule has 1 aliphatic heterocycles. The molecule has 20 heavy (non-hydrogen) atoms. The van der Waals surface area contributed by atoms with Crippen LogP contribution in [0.4, 0.5) is 5.82 Å². The zero-order valence-electron chi connectivity index (χ0n) is 12.0. The number of nitrogens with zero attached hydrogens (tertiary/aromatic N) is 2. The van der Waals surface area contributed by atoms with E-state index in [-0.39, 0.29) is 18.4 Å². The van der Waals surface area contributed by atoms with Gasteiger partial charge in [-0.2, -0.15) is 0 Å². The SMILES string of the molecule is CCCNC(=O)c1cccnc1N1CCCC(CO)C1. The van der Waals surface area contributed by atoms with E-state index in [9.17, 15) is 9.90 Å². The molecule has 2 heterocycles. The average molecular weight is 277 g/mol. The van der Waals surface area contributed by atoms with Gasteiger partial charge in [0.25, 0.3) is 5.91 Å². The van der Waals surface area contributed by atoms with E-state index in [0.29, 0.717) is 12.1 Å². The second-order valence-electron chi connectivity index (χ2n) is 5.27. The van der Waals surface area contributed by atoms with Crippen molar-refractivity contribution in [2.75, 3.05) is 31.1 Å². The molecule has 1 amide bonds.